The van der Waals surface area contributed by atoms with Gasteiger partial charge in [-0.1, -0.05) is 0 Å². The van der Waals surface area contributed by atoms with Crippen LogP contribution in [0.15, 0.2) is 15.8 Å². The van der Waals surface area contributed by atoms with Crippen LogP contribution in [0.2, 0.25) is 0 Å². The van der Waals surface area contributed by atoms with E-state index in [-0.39, 0.29) is 23.3 Å². The largest absolute Gasteiger partial charge is 0.396 e. The van der Waals surface area contributed by atoms with E-state index in [0.717, 1.165) is 10.8 Å². The van der Waals surface area contributed by atoms with E-state index in [0.29, 0.717) is 6.54 Å². The molecule has 0 aliphatic carbocycles. The molecule has 2 aromatic heterocycles. The van der Waals surface area contributed by atoms with Crippen LogP contribution in [0.3, 0.4) is 0 Å². The number of hydrogen-bond donors (Lipinski definition) is 1. The highest BCUT2D eigenvalue weighted by Crippen LogP contribution is 2.17. The Morgan fingerprint density at radius 2 is 1.89 bits per heavy atom. The maximum absolute atomic E-state index is 13.4. The number of nitrogens with two attached hydrogens (primary N) is 1. The Morgan fingerprint density at radius 1 is 1.28 bits per heavy atom. The Hall–Kier alpha value is -2.18. The molecule has 2 rings (SSSR count). The molecule has 0 atom stereocenters. The molecular formula is C11H13FN4O2. The summed E-state index contributed by atoms with van der Waals surface area (Å²) in [5.41, 5.74) is 4.36. The minimum Gasteiger partial charge on any atom is -0.396 e. The van der Waals surface area contributed by atoms with Crippen LogP contribution >= 0.6 is 0 Å². The van der Waals surface area contributed by atoms with Crippen LogP contribution in [0.25, 0.3) is 11.0 Å². The van der Waals surface area contributed by atoms with Crippen LogP contribution in [-0.4, -0.2) is 14.1 Å². The van der Waals surface area contributed by atoms with Gasteiger partial charge < -0.3 is 5.73 Å². The summed E-state index contributed by atoms with van der Waals surface area (Å²) in [6.45, 7) is 3.93. The van der Waals surface area contributed by atoms with Crippen molar-refractivity contribution in [1.29, 1.82) is 0 Å². The smallest absolute Gasteiger partial charge is 0.332 e. The Kier molecular flexibility index (Phi) is 2.90. The van der Waals surface area contributed by atoms with Crippen LogP contribution in [0.1, 0.15) is 13.8 Å². The van der Waals surface area contributed by atoms with Crippen molar-refractivity contribution in [3.63, 3.8) is 0 Å². The molecule has 0 spiro atoms. The van der Waals surface area contributed by atoms with Gasteiger partial charge in [-0.3, -0.25) is 13.9 Å². The second kappa shape index (κ2) is 4.25. The maximum atomic E-state index is 13.4. The number of rotatable bonds is 2. The molecule has 0 aliphatic rings. The van der Waals surface area contributed by atoms with Gasteiger partial charge in [-0.15, -0.1) is 0 Å². The molecule has 0 amide bonds. The fraction of sp³-hybridized carbons (Fsp3) is 0.364. The Bertz CT molecular complexity index is 732. The molecule has 2 N–H and O–H groups in total. The number of nitrogens with zero attached hydrogens (tertiary/aromatic N) is 3. The summed E-state index contributed by atoms with van der Waals surface area (Å²) >= 11 is 0. The van der Waals surface area contributed by atoms with Gasteiger partial charge in [0.25, 0.3) is 5.56 Å². The number of anilines is 1. The van der Waals surface area contributed by atoms with Gasteiger partial charge in [0.2, 0.25) is 0 Å². The monoisotopic (exact) mass is 252 g/mol. The lowest BCUT2D eigenvalue weighted by Crippen LogP contribution is -2.40. The third kappa shape index (κ3) is 1.51. The van der Waals surface area contributed by atoms with Gasteiger partial charge in [0, 0.05) is 13.1 Å². The van der Waals surface area contributed by atoms with Crippen LogP contribution in [0.4, 0.5) is 10.1 Å². The van der Waals surface area contributed by atoms with Gasteiger partial charge in [0.1, 0.15) is 5.39 Å². The van der Waals surface area contributed by atoms with E-state index in [1.807, 2.05) is 0 Å². The molecule has 0 fully saturated rings. The van der Waals surface area contributed by atoms with Crippen LogP contribution in [-0.2, 0) is 13.1 Å². The average Bonchev–Trinajstić information content (AvgIpc) is 2.34. The molecule has 0 saturated carbocycles. The highest BCUT2D eigenvalue weighted by atomic mass is 19.1. The summed E-state index contributed by atoms with van der Waals surface area (Å²) in [6.07, 6.45) is 0.916. The molecule has 0 unspecified atom stereocenters. The van der Waals surface area contributed by atoms with Crippen LogP contribution < -0.4 is 17.0 Å². The standard InChI is InChI=1S/C11H13FN4O2/c1-3-15-9-7(8(13)6(12)5-14-9)10(17)16(4-2)11(15)18/h5H,3-4H2,1-2H3,(H2,13,14). The van der Waals surface area contributed by atoms with Gasteiger partial charge in [-0.05, 0) is 13.8 Å². The zero-order valence-corrected chi connectivity index (χ0v) is 10.1. The van der Waals surface area contributed by atoms with Crippen molar-refractivity contribution in [2.75, 3.05) is 5.73 Å². The Morgan fingerprint density at radius 3 is 2.44 bits per heavy atom. The van der Waals surface area contributed by atoms with Gasteiger partial charge in [-0.25, -0.2) is 14.2 Å². The van der Waals surface area contributed by atoms with Crippen LogP contribution in [0.5, 0.6) is 0 Å². The molecular weight excluding hydrogens is 239 g/mol. The van der Waals surface area contributed by atoms with Gasteiger partial charge in [0.05, 0.1) is 11.9 Å². The highest BCUT2D eigenvalue weighted by molar-refractivity contribution is 5.86. The average molecular weight is 252 g/mol. The van der Waals surface area contributed by atoms with Crippen molar-refractivity contribution >= 4 is 16.7 Å². The van der Waals surface area contributed by atoms with Gasteiger partial charge in [-0.2, -0.15) is 0 Å². The predicted molar refractivity (Wildman–Crippen MR) is 66.0 cm³/mol. The molecule has 18 heavy (non-hydrogen) atoms. The number of aromatic nitrogens is 3. The second-order valence-corrected chi connectivity index (χ2v) is 3.79. The first-order chi connectivity index (χ1) is 8.52. The summed E-state index contributed by atoms with van der Waals surface area (Å²) in [6, 6.07) is 0. The molecule has 96 valence electrons. The van der Waals surface area contributed by atoms with E-state index in [9.17, 15) is 14.0 Å². The van der Waals surface area contributed by atoms with Crippen LogP contribution in [0, 0.1) is 5.82 Å². The lowest BCUT2D eigenvalue weighted by Gasteiger charge is -2.11. The van der Waals surface area contributed by atoms with Crippen molar-refractivity contribution in [2.24, 2.45) is 0 Å². The third-order valence-corrected chi connectivity index (χ3v) is 2.86. The molecule has 0 aromatic carbocycles. The quantitative estimate of drug-likeness (QED) is 0.834. The number of pyridine rings is 1. The zero-order chi connectivity index (χ0) is 13.4. The van der Waals surface area contributed by atoms with Crippen molar-refractivity contribution in [3.05, 3.63) is 32.9 Å². The number of aryl methyl sites for hydroxylation is 1. The Balaban J connectivity index is 3.15. The molecule has 2 aromatic rings. The topological polar surface area (TPSA) is 82.9 Å². The minimum absolute atomic E-state index is 0.0432. The van der Waals surface area contributed by atoms with Crippen molar-refractivity contribution in [2.45, 2.75) is 26.9 Å². The second-order valence-electron chi connectivity index (χ2n) is 3.79. The van der Waals surface area contributed by atoms with E-state index < -0.39 is 17.1 Å². The van der Waals surface area contributed by atoms with E-state index >= 15 is 0 Å². The van der Waals surface area contributed by atoms with Crippen molar-refractivity contribution < 1.29 is 4.39 Å². The number of halogens is 1. The Labute approximate surface area is 101 Å². The van der Waals surface area contributed by atoms with E-state index in [4.69, 9.17) is 5.73 Å². The summed E-state index contributed by atoms with van der Waals surface area (Å²) in [7, 11) is 0. The first-order valence-electron chi connectivity index (χ1n) is 5.60. The third-order valence-electron chi connectivity index (χ3n) is 2.86. The first-order valence-corrected chi connectivity index (χ1v) is 5.60. The predicted octanol–water partition coefficient (Wildman–Crippen LogP) is 0.319. The highest BCUT2D eigenvalue weighted by Gasteiger charge is 2.16. The normalized spacial score (nSPS) is 11.1. The summed E-state index contributed by atoms with van der Waals surface area (Å²) in [5, 5.41) is -0.0432. The van der Waals surface area contributed by atoms with E-state index in [1.54, 1.807) is 13.8 Å². The number of hydrogen-bond acceptors (Lipinski definition) is 4. The molecule has 0 aliphatic heterocycles. The molecule has 0 bridgehead atoms. The molecule has 6 nitrogen and oxygen atoms in total. The van der Waals surface area contributed by atoms with Gasteiger partial charge >= 0.3 is 5.69 Å². The van der Waals surface area contributed by atoms with Gasteiger partial charge in [0.15, 0.2) is 11.5 Å². The summed E-state index contributed by atoms with van der Waals surface area (Å²) in [5.74, 6) is -0.761. The fourth-order valence-electron chi connectivity index (χ4n) is 1.93. The summed E-state index contributed by atoms with van der Waals surface area (Å²) < 4.78 is 15.7. The zero-order valence-electron chi connectivity index (χ0n) is 10.1. The van der Waals surface area contributed by atoms with E-state index in [2.05, 4.69) is 4.98 Å². The first kappa shape index (κ1) is 12.3. The number of fused-ring (bicyclic) bond motifs is 1. The summed E-state index contributed by atoms with van der Waals surface area (Å²) in [4.78, 5) is 27.9. The molecule has 0 radical (unpaired) electrons. The molecule has 7 heteroatoms. The minimum atomic E-state index is -0.761. The fourth-order valence-corrected chi connectivity index (χ4v) is 1.93. The van der Waals surface area contributed by atoms with Crippen molar-refractivity contribution in [1.82, 2.24) is 14.1 Å². The maximum Gasteiger partial charge on any atom is 0.332 e. The van der Waals surface area contributed by atoms with E-state index in [1.165, 1.54) is 4.57 Å². The molecule has 0 saturated heterocycles. The lowest BCUT2D eigenvalue weighted by molar-refractivity contribution is 0.598. The number of nitrogen functional groups attached to an aromatic ring is 1. The SMILES string of the molecule is CCn1c(=O)c2c(N)c(F)cnc2n(CC)c1=O. The molecule has 2 heterocycles. The van der Waals surface area contributed by atoms with Crippen molar-refractivity contribution in [3.8, 4) is 0 Å². The lowest BCUT2D eigenvalue weighted by atomic mass is 10.2.